The minimum Gasteiger partial charge on any atom is -0.465 e. The summed E-state index contributed by atoms with van der Waals surface area (Å²) >= 11 is 0. The van der Waals surface area contributed by atoms with Crippen molar-refractivity contribution in [2.24, 2.45) is 4.99 Å². The highest BCUT2D eigenvalue weighted by Gasteiger charge is 2.15. The van der Waals surface area contributed by atoms with Crippen LogP contribution in [0.2, 0.25) is 0 Å². The number of unbranched alkanes of at least 4 members (excludes halogenated alkanes) is 1. The number of guanidine groups is 1. The Balaban J connectivity index is 2.69. The van der Waals surface area contributed by atoms with Crippen molar-refractivity contribution < 1.29 is 13.9 Å². The van der Waals surface area contributed by atoms with Crippen LogP contribution in [0.25, 0.3) is 0 Å². The molecule has 0 atom stereocenters. The lowest BCUT2D eigenvalue weighted by Crippen LogP contribution is -2.37. The zero-order chi connectivity index (χ0) is 15.7. The fourth-order valence-electron chi connectivity index (χ4n) is 1.82. The van der Waals surface area contributed by atoms with E-state index in [0.29, 0.717) is 23.6 Å². The number of carbonyl (C=O) groups is 1. The van der Waals surface area contributed by atoms with E-state index in [1.807, 2.05) is 6.92 Å². The van der Waals surface area contributed by atoms with E-state index in [4.69, 9.17) is 9.15 Å². The molecule has 1 heterocycles. The van der Waals surface area contributed by atoms with Crippen LogP contribution in [-0.4, -0.2) is 32.1 Å². The van der Waals surface area contributed by atoms with Crippen LogP contribution in [-0.2, 0) is 11.3 Å². The van der Waals surface area contributed by atoms with Gasteiger partial charge < -0.3 is 19.8 Å². The first-order valence-electron chi connectivity index (χ1n) is 7.32. The highest BCUT2D eigenvalue weighted by atomic mass is 16.5. The van der Waals surface area contributed by atoms with E-state index in [1.54, 1.807) is 13.0 Å². The monoisotopic (exact) mass is 295 g/mol. The molecule has 21 heavy (non-hydrogen) atoms. The largest absolute Gasteiger partial charge is 0.465 e. The number of esters is 1. The van der Waals surface area contributed by atoms with Gasteiger partial charge in [0.2, 0.25) is 0 Å². The summed E-state index contributed by atoms with van der Waals surface area (Å²) in [5.74, 6) is 1.55. The van der Waals surface area contributed by atoms with Gasteiger partial charge in [-0.1, -0.05) is 13.3 Å². The van der Waals surface area contributed by atoms with Crippen molar-refractivity contribution in [3.63, 3.8) is 0 Å². The predicted octanol–water partition coefficient (Wildman–Crippen LogP) is 2.23. The number of nitrogens with one attached hydrogen (secondary N) is 2. The predicted molar refractivity (Wildman–Crippen MR) is 82.5 cm³/mol. The normalized spacial score (nSPS) is 11.3. The van der Waals surface area contributed by atoms with Gasteiger partial charge in [0.05, 0.1) is 7.11 Å². The summed E-state index contributed by atoms with van der Waals surface area (Å²) in [4.78, 5) is 16.0. The molecule has 6 nitrogen and oxygen atoms in total. The van der Waals surface area contributed by atoms with Crippen molar-refractivity contribution in [2.45, 2.75) is 40.2 Å². The smallest absolute Gasteiger partial charge is 0.341 e. The Bertz CT molecular complexity index is 481. The Morgan fingerprint density at radius 2 is 2.14 bits per heavy atom. The van der Waals surface area contributed by atoms with Crippen molar-refractivity contribution in [3.8, 4) is 0 Å². The van der Waals surface area contributed by atoms with Crippen LogP contribution in [0.1, 0.15) is 48.6 Å². The van der Waals surface area contributed by atoms with Crippen LogP contribution in [0.3, 0.4) is 0 Å². The van der Waals surface area contributed by atoms with E-state index in [1.165, 1.54) is 7.11 Å². The van der Waals surface area contributed by atoms with Crippen molar-refractivity contribution in [1.29, 1.82) is 0 Å². The summed E-state index contributed by atoms with van der Waals surface area (Å²) in [6, 6.07) is 1.68. The second kappa shape index (κ2) is 9.05. The van der Waals surface area contributed by atoms with E-state index in [-0.39, 0.29) is 5.97 Å². The maximum atomic E-state index is 11.5. The summed E-state index contributed by atoms with van der Waals surface area (Å²) in [6.07, 6.45) is 2.23. The molecule has 0 unspecified atom stereocenters. The zero-order valence-electron chi connectivity index (χ0n) is 13.3. The third-order valence-corrected chi connectivity index (χ3v) is 2.93. The van der Waals surface area contributed by atoms with Crippen LogP contribution >= 0.6 is 0 Å². The zero-order valence-corrected chi connectivity index (χ0v) is 13.3. The first-order valence-corrected chi connectivity index (χ1v) is 7.32. The van der Waals surface area contributed by atoms with Gasteiger partial charge >= 0.3 is 5.97 Å². The number of carbonyl (C=O) groups excluding carboxylic acids is 1. The molecule has 118 valence electrons. The number of rotatable bonds is 7. The van der Waals surface area contributed by atoms with Gasteiger partial charge in [0.1, 0.15) is 23.6 Å². The van der Waals surface area contributed by atoms with Gasteiger partial charge in [0.15, 0.2) is 5.96 Å². The Morgan fingerprint density at radius 3 is 2.76 bits per heavy atom. The first kappa shape index (κ1) is 17.1. The number of ether oxygens (including phenoxy) is 1. The van der Waals surface area contributed by atoms with Crippen LogP contribution in [0.15, 0.2) is 15.5 Å². The topological polar surface area (TPSA) is 75.9 Å². The SMILES string of the molecule is CCCCNC(=NCc1cc(C(=O)OC)c(C)o1)NCC. The van der Waals surface area contributed by atoms with Gasteiger partial charge in [-0.25, -0.2) is 9.79 Å². The molecule has 0 amide bonds. The number of furan rings is 1. The molecule has 1 aromatic rings. The number of hydrogen-bond acceptors (Lipinski definition) is 4. The lowest BCUT2D eigenvalue weighted by Gasteiger charge is -2.10. The number of aliphatic imine (C=N–C) groups is 1. The molecule has 6 heteroatoms. The summed E-state index contributed by atoms with van der Waals surface area (Å²) in [5.41, 5.74) is 0.451. The van der Waals surface area contributed by atoms with Crippen LogP contribution < -0.4 is 10.6 Å². The second-order valence-electron chi connectivity index (χ2n) is 4.65. The lowest BCUT2D eigenvalue weighted by atomic mass is 10.2. The standard InChI is InChI=1S/C15H25N3O3/c1-5-7-8-17-15(16-6-2)18-10-12-9-13(11(3)21-12)14(19)20-4/h9H,5-8,10H2,1-4H3,(H2,16,17,18). The molecule has 0 aliphatic rings. The fraction of sp³-hybridized carbons (Fsp3) is 0.600. The molecule has 0 fully saturated rings. The molecule has 0 bridgehead atoms. The summed E-state index contributed by atoms with van der Waals surface area (Å²) in [5, 5.41) is 6.43. The molecule has 1 aromatic heterocycles. The fourth-order valence-corrected chi connectivity index (χ4v) is 1.82. The van der Waals surface area contributed by atoms with Gasteiger partial charge in [-0.3, -0.25) is 0 Å². The summed E-state index contributed by atoms with van der Waals surface area (Å²) in [7, 11) is 1.35. The number of methoxy groups -OCH3 is 1. The Hall–Kier alpha value is -1.98. The van der Waals surface area contributed by atoms with Crippen molar-refractivity contribution in [3.05, 3.63) is 23.2 Å². The molecule has 0 spiro atoms. The molecule has 0 aliphatic carbocycles. The van der Waals surface area contributed by atoms with Crippen molar-refractivity contribution >= 4 is 11.9 Å². The molecule has 0 aliphatic heterocycles. The average Bonchev–Trinajstić information content (AvgIpc) is 2.85. The van der Waals surface area contributed by atoms with Gasteiger partial charge in [-0.15, -0.1) is 0 Å². The maximum Gasteiger partial charge on any atom is 0.341 e. The van der Waals surface area contributed by atoms with Crippen LogP contribution in [0.4, 0.5) is 0 Å². The number of hydrogen-bond donors (Lipinski definition) is 2. The molecular weight excluding hydrogens is 270 g/mol. The summed E-state index contributed by atoms with van der Waals surface area (Å²) < 4.78 is 10.2. The summed E-state index contributed by atoms with van der Waals surface area (Å²) in [6.45, 7) is 7.95. The Kier molecular flexibility index (Phi) is 7.36. The van der Waals surface area contributed by atoms with Gasteiger partial charge in [0.25, 0.3) is 0 Å². The van der Waals surface area contributed by atoms with E-state index >= 15 is 0 Å². The average molecular weight is 295 g/mol. The molecular formula is C15H25N3O3. The van der Waals surface area contributed by atoms with Gasteiger partial charge in [-0.2, -0.15) is 0 Å². The minimum absolute atomic E-state index is 0.374. The maximum absolute atomic E-state index is 11.5. The van der Waals surface area contributed by atoms with E-state index in [0.717, 1.165) is 31.9 Å². The molecule has 0 saturated carbocycles. The molecule has 1 rings (SSSR count). The first-order chi connectivity index (χ1) is 10.1. The Morgan fingerprint density at radius 1 is 1.38 bits per heavy atom. The minimum atomic E-state index is -0.389. The third kappa shape index (κ3) is 5.49. The van der Waals surface area contributed by atoms with E-state index < -0.39 is 0 Å². The molecule has 0 saturated heterocycles. The van der Waals surface area contributed by atoms with Crippen LogP contribution in [0.5, 0.6) is 0 Å². The van der Waals surface area contributed by atoms with E-state index in [9.17, 15) is 4.79 Å². The van der Waals surface area contributed by atoms with Gasteiger partial charge in [-0.05, 0) is 26.3 Å². The van der Waals surface area contributed by atoms with Crippen LogP contribution in [0, 0.1) is 6.92 Å². The lowest BCUT2D eigenvalue weighted by molar-refractivity contribution is 0.0599. The number of nitrogens with zero attached hydrogens (tertiary/aromatic N) is 1. The highest BCUT2D eigenvalue weighted by Crippen LogP contribution is 2.16. The van der Waals surface area contributed by atoms with E-state index in [2.05, 4.69) is 22.5 Å². The Labute approximate surface area is 126 Å². The quantitative estimate of drug-likeness (QED) is 0.349. The molecule has 2 N–H and O–H groups in total. The van der Waals surface area contributed by atoms with Crippen molar-refractivity contribution in [2.75, 3.05) is 20.2 Å². The van der Waals surface area contributed by atoms with Crippen molar-refractivity contribution in [1.82, 2.24) is 10.6 Å². The van der Waals surface area contributed by atoms with Gasteiger partial charge in [0, 0.05) is 13.1 Å². The molecule has 0 radical (unpaired) electrons. The second-order valence-corrected chi connectivity index (χ2v) is 4.65. The molecule has 0 aromatic carbocycles. The third-order valence-electron chi connectivity index (χ3n) is 2.93. The number of aryl methyl sites for hydroxylation is 1. The highest BCUT2D eigenvalue weighted by molar-refractivity contribution is 5.90.